The number of benzene rings is 2. The lowest BCUT2D eigenvalue weighted by atomic mass is 10.1. The molecule has 0 saturated carbocycles. The molecular weight excluding hydrogens is 292 g/mol. The quantitative estimate of drug-likeness (QED) is 0.763. The molecule has 0 bridgehead atoms. The smallest absolute Gasteiger partial charge is 0.169 e. The summed E-state index contributed by atoms with van der Waals surface area (Å²) in [6, 6.07) is 13.8. The van der Waals surface area contributed by atoms with Crippen LogP contribution in [-0.4, -0.2) is 7.11 Å². The molecule has 0 aliphatic heterocycles. The molecule has 2 nitrogen and oxygen atoms in total. The molecule has 2 aromatic rings. The van der Waals surface area contributed by atoms with E-state index in [9.17, 15) is 0 Å². The van der Waals surface area contributed by atoms with Crippen LogP contribution < -0.4 is 9.47 Å². The highest BCUT2D eigenvalue weighted by Gasteiger charge is 2.08. The van der Waals surface area contributed by atoms with Gasteiger partial charge in [-0.25, -0.2) is 0 Å². The van der Waals surface area contributed by atoms with Crippen LogP contribution in [0.5, 0.6) is 17.2 Å². The van der Waals surface area contributed by atoms with Gasteiger partial charge >= 0.3 is 0 Å². The highest BCUT2D eigenvalue weighted by atomic mass is 79.9. The second-order valence-electron chi connectivity index (χ2n) is 4.00. The van der Waals surface area contributed by atoms with E-state index in [4.69, 9.17) is 9.47 Å². The Hall–Kier alpha value is -1.48. The molecule has 0 aliphatic carbocycles. The second-order valence-corrected chi connectivity index (χ2v) is 4.56. The summed E-state index contributed by atoms with van der Waals surface area (Å²) < 4.78 is 11.2. The van der Waals surface area contributed by atoms with Crippen LogP contribution in [0, 0.1) is 6.92 Å². The fourth-order valence-corrected chi connectivity index (χ4v) is 2.17. The maximum Gasteiger partial charge on any atom is 0.169 e. The van der Waals surface area contributed by atoms with Crippen molar-refractivity contribution in [2.45, 2.75) is 12.3 Å². The van der Waals surface area contributed by atoms with Gasteiger partial charge in [0, 0.05) is 10.9 Å². The van der Waals surface area contributed by atoms with Crippen LogP contribution in [-0.2, 0) is 5.33 Å². The van der Waals surface area contributed by atoms with Crippen LogP contribution in [0.25, 0.3) is 0 Å². The van der Waals surface area contributed by atoms with Gasteiger partial charge in [-0.2, -0.15) is 0 Å². The minimum absolute atomic E-state index is 0.728. The number of alkyl halides is 1. The predicted molar refractivity (Wildman–Crippen MR) is 76.9 cm³/mol. The third kappa shape index (κ3) is 2.85. The third-order valence-corrected chi connectivity index (χ3v) is 3.25. The number of para-hydroxylation sites is 2. The van der Waals surface area contributed by atoms with E-state index < -0.39 is 0 Å². The van der Waals surface area contributed by atoms with E-state index in [2.05, 4.69) is 28.9 Å². The zero-order valence-corrected chi connectivity index (χ0v) is 12.0. The van der Waals surface area contributed by atoms with Crippen LogP contribution in [0.4, 0.5) is 0 Å². The Kier molecular flexibility index (Phi) is 4.26. The molecule has 0 amide bonds. The number of hydrogen-bond acceptors (Lipinski definition) is 2. The first kappa shape index (κ1) is 13.0. The first-order valence-corrected chi connectivity index (χ1v) is 6.83. The zero-order chi connectivity index (χ0) is 13.0. The topological polar surface area (TPSA) is 18.5 Å². The van der Waals surface area contributed by atoms with Gasteiger partial charge in [-0.05, 0) is 25.1 Å². The molecule has 0 aliphatic rings. The molecule has 2 aromatic carbocycles. The van der Waals surface area contributed by atoms with Gasteiger partial charge in [-0.15, -0.1) is 0 Å². The number of rotatable bonds is 4. The lowest BCUT2D eigenvalue weighted by Gasteiger charge is -2.13. The van der Waals surface area contributed by atoms with Gasteiger partial charge in [0.25, 0.3) is 0 Å². The SMILES string of the molecule is COc1ccccc1Oc1ccc(C)cc1CBr. The summed E-state index contributed by atoms with van der Waals surface area (Å²) in [6.45, 7) is 2.07. The molecule has 0 unspecified atom stereocenters. The van der Waals surface area contributed by atoms with Gasteiger partial charge < -0.3 is 9.47 Å². The van der Waals surface area contributed by atoms with Crippen molar-refractivity contribution in [1.82, 2.24) is 0 Å². The highest BCUT2D eigenvalue weighted by Crippen LogP contribution is 2.33. The van der Waals surface area contributed by atoms with Crippen molar-refractivity contribution in [3.8, 4) is 17.2 Å². The molecule has 18 heavy (non-hydrogen) atoms. The first-order valence-electron chi connectivity index (χ1n) is 5.71. The summed E-state index contributed by atoms with van der Waals surface area (Å²) in [5, 5.41) is 0.763. The van der Waals surface area contributed by atoms with Crippen molar-refractivity contribution < 1.29 is 9.47 Å². The van der Waals surface area contributed by atoms with Gasteiger partial charge in [-0.1, -0.05) is 45.8 Å². The summed E-state index contributed by atoms with van der Waals surface area (Å²) in [7, 11) is 1.64. The van der Waals surface area contributed by atoms with E-state index in [1.165, 1.54) is 5.56 Å². The van der Waals surface area contributed by atoms with Crippen molar-refractivity contribution in [2.75, 3.05) is 7.11 Å². The molecule has 2 rings (SSSR count). The highest BCUT2D eigenvalue weighted by molar-refractivity contribution is 9.08. The maximum atomic E-state index is 5.92. The van der Waals surface area contributed by atoms with Crippen molar-refractivity contribution >= 4 is 15.9 Å². The minimum Gasteiger partial charge on any atom is -0.493 e. The van der Waals surface area contributed by atoms with E-state index in [0.29, 0.717) is 0 Å². The fraction of sp³-hybridized carbons (Fsp3) is 0.200. The summed E-state index contributed by atoms with van der Waals surface area (Å²) >= 11 is 3.48. The summed E-state index contributed by atoms with van der Waals surface area (Å²) in [4.78, 5) is 0. The van der Waals surface area contributed by atoms with Gasteiger partial charge in [0.2, 0.25) is 0 Å². The van der Waals surface area contributed by atoms with Crippen LogP contribution in [0.1, 0.15) is 11.1 Å². The molecular formula is C15H15BrO2. The van der Waals surface area contributed by atoms with E-state index in [1.807, 2.05) is 36.4 Å². The number of methoxy groups -OCH3 is 1. The molecule has 94 valence electrons. The molecule has 0 heterocycles. The zero-order valence-electron chi connectivity index (χ0n) is 10.4. The van der Waals surface area contributed by atoms with E-state index in [1.54, 1.807) is 7.11 Å². The van der Waals surface area contributed by atoms with E-state index in [0.717, 1.165) is 28.1 Å². The summed E-state index contributed by atoms with van der Waals surface area (Å²) in [5.74, 6) is 2.31. The third-order valence-electron chi connectivity index (χ3n) is 2.65. The number of halogens is 1. The molecule has 0 N–H and O–H groups in total. The average molecular weight is 307 g/mol. The molecule has 0 spiro atoms. The molecule has 3 heteroatoms. The van der Waals surface area contributed by atoms with Crippen LogP contribution in [0.2, 0.25) is 0 Å². The largest absolute Gasteiger partial charge is 0.493 e. The van der Waals surface area contributed by atoms with Crippen molar-refractivity contribution in [3.05, 3.63) is 53.6 Å². The van der Waals surface area contributed by atoms with Gasteiger partial charge in [0.05, 0.1) is 7.11 Å². The van der Waals surface area contributed by atoms with Crippen LogP contribution in [0.15, 0.2) is 42.5 Å². The van der Waals surface area contributed by atoms with Gasteiger partial charge in [0.1, 0.15) is 5.75 Å². The second kappa shape index (κ2) is 5.91. The Morgan fingerprint density at radius 2 is 1.72 bits per heavy atom. The molecule has 0 fully saturated rings. The van der Waals surface area contributed by atoms with E-state index >= 15 is 0 Å². The fourth-order valence-electron chi connectivity index (χ4n) is 1.73. The van der Waals surface area contributed by atoms with Crippen LogP contribution in [0.3, 0.4) is 0 Å². The number of ether oxygens (including phenoxy) is 2. The molecule has 0 atom stereocenters. The standard InChI is InChI=1S/C15H15BrO2/c1-11-7-8-13(12(9-11)10-16)18-15-6-4-3-5-14(15)17-2/h3-9H,10H2,1-2H3. The maximum absolute atomic E-state index is 5.92. The number of aryl methyl sites for hydroxylation is 1. The summed E-state index contributed by atoms with van der Waals surface area (Å²) in [6.07, 6.45) is 0. The number of hydrogen-bond donors (Lipinski definition) is 0. The average Bonchev–Trinajstić information content (AvgIpc) is 2.41. The van der Waals surface area contributed by atoms with Crippen molar-refractivity contribution in [2.24, 2.45) is 0 Å². The monoisotopic (exact) mass is 306 g/mol. The predicted octanol–water partition coefficient (Wildman–Crippen LogP) is 4.69. The van der Waals surface area contributed by atoms with Gasteiger partial charge in [0.15, 0.2) is 11.5 Å². The van der Waals surface area contributed by atoms with Crippen molar-refractivity contribution in [1.29, 1.82) is 0 Å². The Morgan fingerprint density at radius 3 is 2.39 bits per heavy atom. The lowest BCUT2D eigenvalue weighted by Crippen LogP contribution is -1.93. The Labute approximate surface area is 116 Å². The Bertz CT molecular complexity index is 538. The minimum atomic E-state index is 0.728. The molecule has 0 saturated heterocycles. The lowest BCUT2D eigenvalue weighted by molar-refractivity contribution is 0.378. The van der Waals surface area contributed by atoms with Crippen LogP contribution >= 0.6 is 15.9 Å². The van der Waals surface area contributed by atoms with Crippen molar-refractivity contribution in [3.63, 3.8) is 0 Å². The Balaban J connectivity index is 2.33. The van der Waals surface area contributed by atoms with Gasteiger partial charge in [-0.3, -0.25) is 0 Å². The molecule has 0 radical (unpaired) electrons. The van der Waals surface area contributed by atoms with E-state index in [-0.39, 0.29) is 0 Å². The summed E-state index contributed by atoms with van der Waals surface area (Å²) in [5.41, 5.74) is 2.35. The molecule has 0 aromatic heterocycles. The normalized spacial score (nSPS) is 10.2. The Morgan fingerprint density at radius 1 is 1.00 bits per heavy atom. The first-order chi connectivity index (χ1) is 8.74.